The first kappa shape index (κ1) is 15.4. The first-order valence-electron chi connectivity index (χ1n) is 5.86. The van der Waals surface area contributed by atoms with Crippen molar-refractivity contribution >= 4 is 28.6 Å². The van der Waals surface area contributed by atoms with Crippen LogP contribution in [-0.2, 0) is 9.59 Å². The molecular formula is C14H16O4S. The Morgan fingerprint density at radius 1 is 1.21 bits per heavy atom. The molecule has 0 bridgehead atoms. The van der Waals surface area contributed by atoms with E-state index in [9.17, 15) is 14.4 Å². The van der Waals surface area contributed by atoms with Gasteiger partial charge >= 0.3 is 5.97 Å². The molecule has 1 aromatic rings. The minimum atomic E-state index is -1.05. The van der Waals surface area contributed by atoms with Crippen molar-refractivity contribution in [3.63, 3.8) is 0 Å². The average molecular weight is 280 g/mol. The van der Waals surface area contributed by atoms with E-state index in [4.69, 9.17) is 5.11 Å². The van der Waals surface area contributed by atoms with E-state index in [2.05, 4.69) is 0 Å². The molecule has 19 heavy (non-hydrogen) atoms. The van der Waals surface area contributed by atoms with Crippen LogP contribution >= 0.6 is 11.8 Å². The van der Waals surface area contributed by atoms with Crippen LogP contribution < -0.4 is 0 Å². The fraction of sp³-hybridized carbons (Fsp3) is 0.357. The maximum absolute atomic E-state index is 12.0. The van der Waals surface area contributed by atoms with Gasteiger partial charge < -0.3 is 5.11 Å². The quantitative estimate of drug-likeness (QED) is 0.811. The van der Waals surface area contributed by atoms with Gasteiger partial charge in [0, 0.05) is 24.7 Å². The largest absolute Gasteiger partial charge is 0.481 e. The van der Waals surface area contributed by atoms with Crippen LogP contribution in [0.4, 0.5) is 0 Å². The SMILES string of the molecule is CC(=O)SC[C@H](CC(=O)c1ccc(C)cc1)C(=O)O. The molecular weight excluding hydrogens is 264 g/mol. The van der Waals surface area contributed by atoms with Crippen LogP contribution in [0.25, 0.3) is 0 Å². The van der Waals surface area contributed by atoms with Gasteiger partial charge in [0.1, 0.15) is 0 Å². The number of ketones is 1. The first-order chi connectivity index (χ1) is 8.90. The van der Waals surface area contributed by atoms with Crippen LogP contribution in [0.2, 0.25) is 0 Å². The number of carbonyl (C=O) groups is 3. The Bertz CT molecular complexity index is 479. The molecule has 0 unspecified atom stereocenters. The van der Waals surface area contributed by atoms with Gasteiger partial charge in [0.15, 0.2) is 10.9 Å². The van der Waals surface area contributed by atoms with Crippen molar-refractivity contribution in [2.75, 3.05) is 5.75 Å². The highest BCUT2D eigenvalue weighted by Gasteiger charge is 2.22. The number of hydrogen-bond acceptors (Lipinski definition) is 4. The van der Waals surface area contributed by atoms with Gasteiger partial charge in [-0.15, -0.1) is 0 Å². The molecule has 1 aromatic carbocycles. The van der Waals surface area contributed by atoms with Crippen molar-refractivity contribution in [1.29, 1.82) is 0 Å². The molecule has 0 aromatic heterocycles. The van der Waals surface area contributed by atoms with E-state index in [0.717, 1.165) is 17.3 Å². The number of hydrogen-bond donors (Lipinski definition) is 1. The summed E-state index contributed by atoms with van der Waals surface area (Å²) in [5, 5.41) is 8.90. The zero-order chi connectivity index (χ0) is 14.4. The summed E-state index contributed by atoms with van der Waals surface area (Å²) in [7, 11) is 0. The smallest absolute Gasteiger partial charge is 0.307 e. The standard InChI is InChI=1S/C14H16O4S/c1-9-3-5-11(6-4-9)13(16)7-12(14(17)18)8-19-10(2)15/h3-6,12H,7-8H2,1-2H3,(H,17,18)/t12-/m0/s1. The minimum absolute atomic E-state index is 0.0846. The molecule has 0 saturated heterocycles. The zero-order valence-electron chi connectivity index (χ0n) is 10.9. The number of carboxylic acid groups (broad SMARTS) is 1. The van der Waals surface area contributed by atoms with Crippen LogP contribution in [0.5, 0.6) is 0 Å². The van der Waals surface area contributed by atoms with Crippen LogP contribution in [-0.4, -0.2) is 27.7 Å². The molecule has 0 fully saturated rings. The topological polar surface area (TPSA) is 71.4 Å². The summed E-state index contributed by atoms with van der Waals surface area (Å²) in [4.78, 5) is 33.9. The molecule has 0 amide bonds. The molecule has 0 aliphatic heterocycles. The summed E-state index contributed by atoms with van der Waals surface area (Å²) in [5.41, 5.74) is 1.54. The van der Waals surface area contributed by atoms with E-state index < -0.39 is 11.9 Å². The van der Waals surface area contributed by atoms with Crippen LogP contribution in [0.1, 0.15) is 29.3 Å². The number of aliphatic carboxylic acids is 1. The van der Waals surface area contributed by atoms with E-state index >= 15 is 0 Å². The number of Topliss-reactive ketones (excluding diaryl/α,β-unsaturated/α-hetero) is 1. The third kappa shape index (κ3) is 5.26. The summed E-state index contributed by atoms with van der Waals surface area (Å²) >= 11 is 0.935. The number of benzene rings is 1. The fourth-order valence-electron chi connectivity index (χ4n) is 1.52. The van der Waals surface area contributed by atoms with Crippen LogP contribution in [0.3, 0.4) is 0 Å². The molecule has 4 nitrogen and oxygen atoms in total. The molecule has 1 N–H and O–H groups in total. The van der Waals surface area contributed by atoms with Crippen LogP contribution in [0.15, 0.2) is 24.3 Å². The molecule has 102 valence electrons. The number of carboxylic acids is 1. The third-order valence-electron chi connectivity index (χ3n) is 2.64. The predicted molar refractivity (Wildman–Crippen MR) is 74.4 cm³/mol. The third-order valence-corrected chi connectivity index (χ3v) is 3.62. The molecule has 0 radical (unpaired) electrons. The monoisotopic (exact) mass is 280 g/mol. The Labute approximate surface area is 116 Å². The Hall–Kier alpha value is -1.62. The summed E-state index contributed by atoms with van der Waals surface area (Å²) < 4.78 is 0. The van der Waals surface area contributed by atoms with Crippen molar-refractivity contribution in [3.05, 3.63) is 35.4 Å². The van der Waals surface area contributed by atoms with Crippen molar-refractivity contribution in [1.82, 2.24) is 0 Å². The van der Waals surface area contributed by atoms with Crippen molar-refractivity contribution in [2.24, 2.45) is 5.92 Å². The van der Waals surface area contributed by atoms with Gasteiger partial charge in [0.05, 0.1) is 5.92 Å². The van der Waals surface area contributed by atoms with Gasteiger partial charge in [-0.3, -0.25) is 14.4 Å². The summed E-state index contributed by atoms with van der Waals surface area (Å²) in [6, 6.07) is 7.00. The lowest BCUT2D eigenvalue weighted by Gasteiger charge is -2.10. The highest BCUT2D eigenvalue weighted by Crippen LogP contribution is 2.17. The second-order valence-corrected chi connectivity index (χ2v) is 5.53. The Balaban J connectivity index is 2.68. The highest BCUT2D eigenvalue weighted by atomic mass is 32.2. The van der Waals surface area contributed by atoms with Gasteiger partial charge in [0.2, 0.25) is 0 Å². The van der Waals surface area contributed by atoms with E-state index in [0.29, 0.717) is 5.56 Å². The summed E-state index contributed by atoms with van der Waals surface area (Å²) in [5.74, 6) is -1.96. The summed E-state index contributed by atoms with van der Waals surface area (Å²) in [6.45, 7) is 3.29. The lowest BCUT2D eigenvalue weighted by molar-refractivity contribution is -0.140. The normalized spacial score (nSPS) is 11.9. The summed E-state index contributed by atoms with van der Waals surface area (Å²) in [6.07, 6.45) is -0.0846. The fourth-order valence-corrected chi connectivity index (χ4v) is 2.21. The van der Waals surface area contributed by atoms with E-state index in [1.807, 2.05) is 19.1 Å². The van der Waals surface area contributed by atoms with E-state index in [1.54, 1.807) is 12.1 Å². The molecule has 0 saturated carbocycles. The van der Waals surface area contributed by atoms with Gasteiger partial charge in [-0.1, -0.05) is 41.6 Å². The number of rotatable bonds is 6. The molecule has 1 rings (SSSR count). The second-order valence-electron chi connectivity index (χ2n) is 4.33. The Morgan fingerprint density at radius 3 is 2.26 bits per heavy atom. The van der Waals surface area contributed by atoms with Crippen molar-refractivity contribution < 1.29 is 19.5 Å². The molecule has 0 heterocycles. The van der Waals surface area contributed by atoms with Gasteiger partial charge in [-0.2, -0.15) is 0 Å². The number of aryl methyl sites for hydroxylation is 1. The molecule has 1 atom stereocenters. The second kappa shape index (κ2) is 7.09. The predicted octanol–water partition coefficient (Wildman–Crippen LogP) is 2.55. The first-order valence-corrected chi connectivity index (χ1v) is 6.84. The maximum Gasteiger partial charge on any atom is 0.307 e. The number of thioether (sulfide) groups is 1. The van der Waals surface area contributed by atoms with E-state index in [-0.39, 0.29) is 23.1 Å². The van der Waals surface area contributed by atoms with Crippen LogP contribution in [0, 0.1) is 12.8 Å². The minimum Gasteiger partial charge on any atom is -0.481 e. The zero-order valence-corrected chi connectivity index (χ0v) is 11.7. The lowest BCUT2D eigenvalue weighted by Crippen LogP contribution is -2.21. The molecule has 5 heteroatoms. The maximum atomic E-state index is 12.0. The average Bonchev–Trinajstić information content (AvgIpc) is 2.34. The van der Waals surface area contributed by atoms with E-state index in [1.165, 1.54) is 6.92 Å². The van der Waals surface area contributed by atoms with Crippen molar-refractivity contribution in [3.8, 4) is 0 Å². The molecule has 0 aliphatic rings. The highest BCUT2D eigenvalue weighted by molar-refractivity contribution is 8.13. The molecule has 0 spiro atoms. The van der Waals surface area contributed by atoms with Crippen molar-refractivity contribution in [2.45, 2.75) is 20.3 Å². The Kier molecular flexibility index (Phi) is 5.76. The number of carbonyl (C=O) groups excluding carboxylic acids is 2. The van der Waals surface area contributed by atoms with Gasteiger partial charge in [0.25, 0.3) is 0 Å². The lowest BCUT2D eigenvalue weighted by atomic mass is 9.99. The van der Waals surface area contributed by atoms with Gasteiger partial charge in [-0.25, -0.2) is 0 Å². The molecule has 0 aliphatic carbocycles. The Morgan fingerprint density at radius 2 is 1.79 bits per heavy atom. The van der Waals surface area contributed by atoms with Gasteiger partial charge in [-0.05, 0) is 6.92 Å².